The minimum absolute atomic E-state index is 0.0135. The summed E-state index contributed by atoms with van der Waals surface area (Å²) in [4.78, 5) is 28.2. The van der Waals surface area contributed by atoms with E-state index in [-0.39, 0.29) is 34.2 Å². The molecule has 2 aliphatic heterocycles. The number of nitrogens with one attached hydrogen (secondary N) is 2. The molecule has 5 heterocycles. The molecule has 0 spiro atoms. The molecule has 0 unspecified atom stereocenters. The molecule has 0 radical (unpaired) electrons. The molecule has 3 aromatic carbocycles. The SMILES string of the molecule is O=S(=O)(O)[C](=[Zn])/C(=C(\c1[c-]c2nc3nc(nc4[nH]c(nc5nc(nc1[nH]2)-c1c-5cccc1S(=O)(=O)O)c1ccccc41)-c1ccccc1-3)S(=O)(=O)O)S(=O)(=O)O. The minimum atomic E-state index is -5.93. The standard InChI is InChI=1S/C31H17N8O12S4.Zn/c40-52(41,42)13-21(54(46,47)48)24(55(49,50)51)19-12-22-32-25-14-6-1-2-7-15(14)26(34-25)35-27-16-8-3-4-9-17(16)28(36-27)37-29-18-10-5-11-20(53(43,44)45)23(18)31(38-29)39-30(19)33-22;/h1-11H,(H,40,41,42)(H,43,44,45)(H,46,47,48)(H,49,50,51)(H2,32,33,34,35,36,37,38,39);/q-1;/b24-21-;. The zero-order chi connectivity index (χ0) is 40.1. The van der Waals surface area contributed by atoms with Crippen LogP contribution < -0.4 is 0 Å². The Morgan fingerprint density at radius 1 is 0.554 bits per heavy atom. The number of fused-ring (bicyclic) bond motifs is 17. The van der Waals surface area contributed by atoms with Crippen LogP contribution in [-0.4, -0.2) is 95.2 Å². The molecule has 2 aliphatic rings. The van der Waals surface area contributed by atoms with E-state index in [1.165, 1.54) is 12.1 Å². The van der Waals surface area contributed by atoms with Crippen molar-refractivity contribution >= 4 is 82.2 Å². The van der Waals surface area contributed by atoms with Crippen LogP contribution in [0.25, 0.3) is 83.8 Å². The first-order valence-corrected chi connectivity index (χ1v) is 22.6. The topological polar surface area (TPSA) is 326 Å². The molecule has 280 valence electrons. The predicted molar refractivity (Wildman–Crippen MR) is 194 cm³/mol. The molecule has 0 saturated heterocycles. The van der Waals surface area contributed by atoms with Crippen molar-refractivity contribution in [1.82, 2.24) is 39.9 Å². The van der Waals surface area contributed by atoms with E-state index in [2.05, 4.69) is 41.0 Å². The average molecular weight is 887 g/mol. The molecule has 6 N–H and O–H groups in total. The Kier molecular flexibility index (Phi) is 8.61. The second kappa shape index (κ2) is 12.8. The van der Waals surface area contributed by atoms with Crippen LogP contribution in [-0.2, 0) is 58.3 Å². The van der Waals surface area contributed by atoms with Crippen LogP contribution in [0.2, 0.25) is 0 Å². The summed E-state index contributed by atoms with van der Waals surface area (Å²) in [6.45, 7) is 0. The van der Waals surface area contributed by atoms with E-state index < -0.39 is 99.1 Å². The number of aromatic amines is 2. The first kappa shape index (κ1) is 37.6. The average Bonchev–Trinajstić information content (AvgIpc) is 3.85. The predicted octanol–water partition coefficient (Wildman–Crippen LogP) is 2.77. The Balaban J connectivity index is 1.64. The second-order valence-electron chi connectivity index (χ2n) is 11.9. The van der Waals surface area contributed by atoms with Crippen LogP contribution >= 0.6 is 0 Å². The Morgan fingerprint density at radius 3 is 1.62 bits per heavy atom. The first-order chi connectivity index (χ1) is 26.2. The first-order valence-electron chi connectivity index (χ1n) is 15.3. The van der Waals surface area contributed by atoms with Gasteiger partial charge >= 0.3 is 296 Å². The van der Waals surface area contributed by atoms with Gasteiger partial charge in [-0.15, -0.1) is 0 Å². The van der Waals surface area contributed by atoms with Gasteiger partial charge in [0.2, 0.25) is 0 Å². The molecular formula is C31H17N8O12S4Zn-. The summed E-state index contributed by atoms with van der Waals surface area (Å²) in [5.41, 5.74) is -1.38. The van der Waals surface area contributed by atoms with E-state index in [1.54, 1.807) is 48.5 Å². The molecule has 56 heavy (non-hydrogen) atoms. The van der Waals surface area contributed by atoms with Crippen LogP contribution in [0.3, 0.4) is 0 Å². The van der Waals surface area contributed by atoms with Crippen LogP contribution in [0, 0.1) is 6.07 Å². The van der Waals surface area contributed by atoms with E-state index in [9.17, 15) is 51.9 Å². The molecule has 0 atom stereocenters. The molecule has 8 bridgehead atoms. The number of aromatic nitrogens is 8. The Morgan fingerprint density at radius 2 is 1.07 bits per heavy atom. The van der Waals surface area contributed by atoms with Crippen molar-refractivity contribution in [3.8, 4) is 45.6 Å². The molecule has 0 amide bonds. The van der Waals surface area contributed by atoms with E-state index in [4.69, 9.17) is 4.98 Å². The Bertz CT molecular complexity index is 3460. The molecule has 0 aliphatic carbocycles. The number of H-pyrrole nitrogens is 2. The molecule has 0 fully saturated rings. The van der Waals surface area contributed by atoms with Crippen molar-refractivity contribution in [1.29, 1.82) is 0 Å². The number of hydrogen-bond donors (Lipinski definition) is 6. The van der Waals surface area contributed by atoms with Crippen LogP contribution in [0.15, 0.2) is 76.5 Å². The van der Waals surface area contributed by atoms with Gasteiger partial charge in [0.05, 0.1) is 0 Å². The van der Waals surface area contributed by atoms with Gasteiger partial charge in [0.15, 0.2) is 0 Å². The van der Waals surface area contributed by atoms with Gasteiger partial charge in [0.1, 0.15) is 0 Å². The fraction of sp³-hybridized carbons (Fsp3) is 0. The molecule has 8 rings (SSSR count). The molecule has 20 nitrogen and oxygen atoms in total. The van der Waals surface area contributed by atoms with Gasteiger partial charge in [-0.3, -0.25) is 0 Å². The van der Waals surface area contributed by atoms with Crippen molar-refractivity contribution in [2.45, 2.75) is 4.90 Å². The zero-order valence-electron chi connectivity index (χ0n) is 27.4. The fourth-order valence-corrected chi connectivity index (χ4v) is 11.7. The van der Waals surface area contributed by atoms with Crippen molar-refractivity contribution in [3.05, 3.63) is 83.3 Å². The fourth-order valence-electron chi connectivity index (χ4n) is 6.10. The van der Waals surface area contributed by atoms with Crippen molar-refractivity contribution in [2.24, 2.45) is 0 Å². The number of rotatable bonds is 6. The maximum absolute atomic E-state index is 13.1. The number of nitrogens with zero attached hydrogens (tertiary/aromatic N) is 6. The summed E-state index contributed by atoms with van der Waals surface area (Å²) in [6.07, 6.45) is 0. The zero-order valence-corrected chi connectivity index (χ0v) is 33.7. The van der Waals surface area contributed by atoms with Crippen molar-refractivity contribution in [3.63, 3.8) is 0 Å². The summed E-state index contributed by atoms with van der Waals surface area (Å²) >= 11 is -0.802. The molecule has 0 saturated carbocycles. The van der Waals surface area contributed by atoms with Gasteiger partial charge in [0, 0.05) is 5.39 Å². The van der Waals surface area contributed by atoms with E-state index in [0.29, 0.717) is 27.5 Å². The van der Waals surface area contributed by atoms with E-state index in [1.807, 2.05) is 0 Å². The molecule has 25 heteroatoms. The van der Waals surface area contributed by atoms with Crippen LogP contribution in [0.4, 0.5) is 0 Å². The maximum atomic E-state index is 13.1. The van der Waals surface area contributed by atoms with Gasteiger partial charge in [-0.2, -0.15) is 0 Å². The van der Waals surface area contributed by atoms with Gasteiger partial charge in [-0.25, -0.2) is 0 Å². The monoisotopic (exact) mass is 885 g/mol. The second-order valence-corrected chi connectivity index (χ2v) is 20.0. The third-order valence-corrected chi connectivity index (χ3v) is 15.8. The third kappa shape index (κ3) is 6.47. The summed E-state index contributed by atoms with van der Waals surface area (Å²) in [5.74, 6) is -0.695. The van der Waals surface area contributed by atoms with Gasteiger partial charge < -0.3 is 0 Å². The molecule has 3 aromatic heterocycles. The molecular weight excluding hydrogens is 870 g/mol. The van der Waals surface area contributed by atoms with Gasteiger partial charge in [-0.1, -0.05) is 24.3 Å². The Hall–Kier alpha value is -5.37. The third-order valence-electron chi connectivity index (χ3n) is 8.38. The summed E-state index contributed by atoms with van der Waals surface area (Å²) < 4.78 is 141. The normalized spacial score (nSPS) is 13.6. The summed E-state index contributed by atoms with van der Waals surface area (Å²) in [7, 11) is -22.4. The van der Waals surface area contributed by atoms with Crippen molar-refractivity contribution in [2.75, 3.05) is 0 Å². The van der Waals surface area contributed by atoms with Crippen LogP contribution in [0.1, 0.15) is 5.56 Å². The number of benzene rings is 3. The quantitative estimate of drug-likeness (QED) is 0.0794. The molecule has 6 aromatic rings. The Labute approximate surface area is 323 Å². The van der Waals surface area contributed by atoms with Crippen molar-refractivity contribution < 1.29 is 69.7 Å². The van der Waals surface area contributed by atoms with E-state index in [0.717, 1.165) is 6.07 Å². The van der Waals surface area contributed by atoms with Gasteiger partial charge in [-0.05, 0) is 0 Å². The number of hydrogen-bond acceptors (Lipinski definition) is 14. The summed E-state index contributed by atoms with van der Waals surface area (Å²) in [5, 5.41) is 1.14. The summed E-state index contributed by atoms with van der Waals surface area (Å²) in [6, 6.07) is 19.8. The van der Waals surface area contributed by atoms with Gasteiger partial charge in [0.25, 0.3) is 0 Å². The van der Waals surface area contributed by atoms with E-state index >= 15 is 0 Å². The van der Waals surface area contributed by atoms with Crippen LogP contribution in [0.5, 0.6) is 0 Å².